The summed E-state index contributed by atoms with van der Waals surface area (Å²) < 4.78 is 31.7. The summed E-state index contributed by atoms with van der Waals surface area (Å²) in [6.45, 7) is 10.2. The van der Waals surface area contributed by atoms with Crippen LogP contribution in [0.3, 0.4) is 0 Å². The van der Waals surface area contributed by atoms with E-state index >= 15 is 0 Å². The lowest BCUT2D eigenvalue weighted by molar-refractivity contribution is -0.925. The van der Waals surface area contributed by atoms with Crippen LogP contribution in [0, 0.1) is 6.92 Å². The molecule has 0 radical (unpaired) electrons. The lowest BCUT2D eigenvalue weighted by Crippen LogP contribution is -2.55. The van der Waals surface area contributed by atoms with E-state index in [1.807, 2.05) is 21.0 Å². The summed E-state index contributed by atoms with van der Waals surface area (Å²) in [6, 6.07) is 5.78. The fourth-order valence-electron chi connectivity index (χ4n) is 1.68. The summed E-state index contributed by atoms with van der Waals surface area (Å²) >= 11 is 0. The molecule has 1 aromatic carbocycles. The van der Waals surface area contributed by atoms with E-state index in [1.165, 1.54) is 12.1 Å². The van der Waals surface area contributed by atoms with Crippen LogP contribution in [-0.2, 0) is 14.9 Å². The second kappa shape index (κ2) is 9.56. The first-order valence-corrected chi connectivity index (χ1v) is 9.13. The Bertz CT molecular complexity index is 650. The molecule has 1 rings (SSSR count). The van der Waals surface area contributed by atoms with Gasteiger partial charge in [0.25, 0.3) is 5.91 Å². The van der Waals surface area contributed by atoms with Gasteiger partial charge in [0.2, 0.25) is 0 Å². The summed E-state index contributed by atoms with van der Waals surface area (Å²) in [7, 11) is -0.304. The van der Waals surface area contributed by atoms with Gasteiger partial charge in [0.05, 0.1) is 19.0 Å². The molecule has 0 aliphatic rings. The van der Waals surface area contributed by atoms with Gasteiger partial charge in [-0.25, -0.2) is 13.0 Å². The van der Waals surface area contributed by atoms with Crippen molar-refractivity contribution in [1.82, 2.24) is 5.43 Å². The Hall–Kier alpha value is -1.70. The molecular formula is C17H28N2O4S. The largest absolute Gasteiger partial charge is 0.744 e. The molecule has 0 spiro atoms. The van der Waals surface area contributed by atoms with Gasteiger partial charge in [-0.15, -0.1) is 0 Å². The number of unbranched alkanes of at least 4 members (excludes halogenated alkanes) is 1. The highest BCUT2D eigenvalue weighted by Crippen LogP contribution is 2.08. The van der Waals surface area contributed by atoms with Crippen LogP contribution in [0.25, 0.3) is 0 Å². The van der Waals surface area contributed by atoms with Crippen LogP contribution < -0.4 is 5.43 Å². The maximum atomic E-state index is 11.3. The third-order valence-electron chi connectivity index (χ3n) is 3.17. The standard InChI is InChI=1S/C10H20N2O.C7H8O3S/c1-6-7-8-12(4,5)11-10(13)9(2)3;1-6-2-4-7(5-3-6)11(8,9)10/h2,6-8H2,1,3-5H3;2-5H,1H3,(H,8,9,10). The number of hydrogen-bond acceptors (Lipinski definition) is 4. The summed E-state index contributed by atoms with van der Waals surface area (Å²) in [4.78, 5) is 11.1. The van der Waals surface area contributed by atoms with Crippen LogP contribution in [0.15, 0.2) is 41.3 Å². The molecule has 24 heavy (non-hydrogen) atoms. The van der Waals surface area contributed by atoms with Crippen molar-refractivity contribution in [3.63, 3.8) is 0 Å². The number of quaternary nitrogens is 1. The van der Waals surface area contributed by atoms with Crippen LogP contribution in [0.4, 0.5) is 0 Å². The van der Waals surface area contributed by atoms with Gasteiger partial charge in [0.1, 0.15) is 16.7 Å². The van der Waals surface area contributed by atoms with Crippen LogP contribution in [0.5, 0.6) is 0 Å². The summed E-state index contributed by atoms with van der Waals surface area (Å²) in [5, 5.41) is 0. The summed E-state index contributed by atoms with van der Waals surface area (Å²) in [6.07, 6.45) is 2.26. The fraction of sp³-hybridized carbons (Fsp3) is 0.471. The number of nitrogens with one attached hydrogen (secondary N) is 1. The van der Waals surface area contributed by atoms with Crippen molar-refractivity contribution in [3.8, 4) is 0 Å². The molecule has 1 aromatic rings. The number of carbonyl (C=O) groups is 1. The fourth-order valence-corrected chi connectivity index (χ4v) is 2.15. The molecule has 7 heteroatoms. The zero-order chi connectivity index (χ0) is 19.0. The van der Waals surface area contributed by atoms with Crippen LogP contribution in [0.2, 0.25) is 0 Å². The van der Waals surface area contributed by atoms with Crippen LogP contribution in [-0.4, -0.2) is 44.1 Å². The van der Waals surface area contributed by atoms with E-state index in [0.717, 1.165) is 24.9 Å². The Labute approximate surface area is 145 Å². The zero-order valence-corrected chi connectivity index (χ0v) is 15.9. The molecule has 0 bridgehead atoms. The number of rotatable bonds is 6. The Morgan fingerprint density at radius 1 is 1.25 bits per heavy atom. The molecule has 0 unspecified atom stereocenters. The van der Waals surface area contributed by atoms with Crippen molar-refractivity contribution in [2.45, 2.75) is 38.5 Å². The number of carbonyl (C=O) groups excluding carboxylic acids is 1. The lowest BCUT2D eigenvalue weighted by atomic mass is 10.2. The highest BCUT2D eigenvalue weighted by atomic mass is 32.2. The first-order valence-electron chi connectivity index (χ1n) is 7.72. The van der Waals surface area contributed by atoms with Gasteiger partial charge in [-0.05, 0) is 32.4 Å². The maximum absolute atomic E-state index is 11.3. The smallest absolute Gasteiger partial charge is 0.290 e. The minimum Gasteiger partial charge on any atom is -0.744 e. The topological polar surface area (TPSA) is 86.3 Å². The number of amides is 1. The van der Waals surface area contributed by atoms with Crippen molar-refractivity contribution >= 4 is 16.0 Å². The Morgan fingerprint density at radius 3 is 2.12 bits per heavy atom. The summed E-state index contributed by atoms with van der Waals surface area (Å²) in [5.74, 6) is -0.0684. The molecule has 136 valence electrons. The van der Waals surface area contributed by atoms with Crippen molar-refractivity contribution < 1.29 is 22.4 Å². The Balaban J connectivity index is 0.000000446. The normalized spacial score (nSPS) is 11.2. The number of nitrogens with zero attached hydrogens (tertiary/aromatic N) is 1. The predicted molar refractivity (Wildman–Crippen MR) is 94.0 cm³/mol. The van der Waals surface area contributed by atoms with Gasteiger partial charge >= 0.3 is 0 Å². The lowest BCUT2D eigenvalue weighted by Gasteiger charge is -2.28. The third kappa shape index (κ3) is 9.44. The molecule has 0 aliphatic heterocycles. The molecule has 0 heterocycles. The molecule has 0 fully saturated rings. The number of aryl methyl sites for hydroxylation is 1. The van der Waals surface area contributed by atoms with Gasteiger partial charge in [0.15, 0.2) is 0 Å². The highest BCUT2D eigenvalue weighted by molar-refractivity contribution is 7.85. The number of benzene rings is 1. The first kappa shape index (κ1) is 22.3. The number of hydrogen-bond donors (Lipinski definition) is 1. The Kier molecular flexibility index (Phi) is 8.88. The third-order valence-corrected chi connectivity index (χ3v) is 4.02. The van der Waals surface area contributed by atoms with E-state index in [1.54, 1.807) is 19.1 Å². The average Bonchev–Trinajstić information content (AvgIpc) is 2.45. The van der Waals surface area contributed by atoms with Crippen LogP contribution in [0.1, 0.15) is 32.3 Å². The molecule has 6 nitrogen and oxygen atoms in total. The quantitative estimate of drug-likeness (QED) is 0.367. The van der Waals surface area contributed by atoms with Crippen molar-refractivity contribution in [3.05, 3.63) is 42.0 Å². The van der Waals surface area contributed by atoms with E-state index in [2.05, 4.69) is 18.9 Å². The van der Waals surface area contributed by atoms with Gasteiger partial charge < -0.3 is 4.55 Å². The minimum atomic E-state index is -4.27. The molecule has 1 N–H and O–H groups in total. The zero-order valence-electron chi connectivity index (χ0n) is 15.1. The van der Waals surface area contributed by atoms with Crippen molar-refractivity contribution in [1.29, 1.82) is 0 Å². The molecule has 0 aliphatic carbocycles. The van der Waals surface area contributed by atoms with Gasteiger partial charge in [-0.2, -0.15) is 5.43 Å². The molecule has 0 aromatic heterocycles. The minimum absolute atomic E-state index is 0.0684. The van der Waals surface area contributed by atoms with Gasteiger partial charge in [0, 0.05) is 5.57 Å². The van der Waals surface area contributed by atoms with E-state index in [9.17, 15) is 17.8 Å². The molecule has 0 saturated heterocycles. The van der Waals surface area contributed by atoms with E-state index in [4.69, 9.17) is 0 Å². The SMILES string of the molecule is C=C(C)C(=O)N[N+](C)(C)CCCC.Cc1ccc(S(=O)(=O)[O-])cc1. The first-order chi connectivity index (χ1) is 10.9. The van der Waals surface area contributed by atoms with Crippen molar-refractivity contribution in [2.24, 2.45) is 0 Å². The molecule has 0 atom stereocenters. The maximum Gasteiger partial charge on any atom is 0.290 e. The van der Waals surface area contributed by atoms with Gasteiger partial charge in [-0.3, -0.25) is 4.79 Å². The van der Waals surface area contributed by atoms with Crippen molar-refractivity contribution in [2.75, 3.05) is 20.6 Å². The molecule has 1 amide bonds. The summed E-state index contributed by atoms with van der Waals surface area (Å²) in [5.41, 5.74) is 4.38. The van der Waals surface area contributed by atoms with E-state index in [0.29, 0.717) is 10.2 Å². The highest BCUT2D eigenvalue weighted by Gasteiger charge is 2.17. The molecular weight excluding hydrogens is 328 g/mol. The van der Waals surface area contributed by atoms with Gasteiger partial charge in [-0.1, -0.05) is 37.6 Å². The monoisotopic (exact) mass is 356 g/mol. The van der Waals surface area contributed by atoms with E-state index in [-0.39, 0.29) is 10.8 Å². The second-order valence-electron chi connectivity index (χ2n) is 6.25. The molecule has 0 saturated carbocycles. The second-order valence-corrected chi connectivity index (χ2v) is 7.63. The average molecular weight is 356 g/mol. The Morgan fingerprint density at radius 2 is 1.75 bits per heavy atom. The predicted octanol–water partition coefficient (Wildman–Crippen LogP) is 2.37. The van der Waals surface area contributed by atoms with Crippen LogP contribution >= 0.6 is 0 Å². The van der Waals surface area contributed by atoms with E-state index < -0.39 is 10.1 Å².